The van der Waals surface area contributed by atoms with E-state index >= 15 is 0 Å². The van der Waals surface area contributed by atoms with Crippen LogP contribution in [0.1, 0.15) is 11.1 Å². The van der Waals surface area contributed by atoms with Crippen LogP contribution in [0.15, 0.2) is 12.1 Å². The molecule has 1 heterocycles. The van der Waals surface area contributed by atoms with Gasteiger partial charge in [0.25, 0.3) is 0 Å². The molecule has 0 amide bonds. The van der Waals surface area contributed by atoms with Crippen LogP contribution in [0.3, 0.4) is 0 Å². The third kappa shape index (κ3) is 1.13. The van der Waals surface area contributed by atoms with Gasteiger partial charge >= 0.3 is 0 Å². The zero-order valence-corrected chi connectivity index (χ0v) is 7.28. The highest BCUT2D eigenvalue weighted by Crippen LogP contribution is 2.31. The highest BCUT2D eigenvalue weighted by atomic mass is 35.5. The number of hydrogen-bond acceptors (Lipinski definition) is 0. The van der Waals surface area contributed by atoms with Crippen LogP contribution in [-0.4, -0.2) is 0 Å². The number of fused-ring (bicyclic) bond motifs is 1. The van der Waals surface area contributed by atoms with E-state index < -0.39 is 0 Å². The predicted molar refractivity (Wildman–Crippen MR) is 46.0 cm³/mol. The van der Waals surface area contributed by atoms with Gasteiger partial charge in [0.05, 0.1) is 10.0 Å². The number of halogens is 2. The lowest BCUT2D eigenvalue weighted by molar-refractivity contribution is 0.746. The summed E-state index contributed by atoms with van der Waals surface area (Å²) in [7, 11) is 0. The number of benzene rings is 1. The molecule has 1 aliphatic rings. The molecule has 1 aromatic carbocycles. The molecule has 0 atom stereocenters. The molecular weight excluding hydrogens is 181 g/mol. The second kappa shape index (κ2) is 2.67. The molecule has 0 spiro atoms. The molecule has 1 aromatic rings. The van der Waals surface area contributed by atoms with E-state index in [9.17, 15) is 0 Å². The highest BCUT2D eigenvalue weighted by molar-refractivity contribution is 6.42. The lowest BCUT2D eigenvalue weighted by atomic mass is 10.1. The van der Waals surface area contributed by atoms with Crippen molar-refractivity contribution in [2.45, 2.75) is 13.1 Å². The van der Waals surface area contributed by atoms with Crippen molar-refractivity contribution in [3.05, 3.63) is 33.3 Å². The minimum atomic E-state index is 0.627. The quantitative estimate of drug-likeness (QED) is 0.592. The fraction of sp³-hybridized carbons (Fsp3) is 0.250. The zero-order valence-electron chi connectivity index (χ0n) is 5.77. The minimum Gasteiger partial charge on any atom is -0.232 e. The Morgan fingerprint density at radius 2 is 2.00 bits per heavy atom. The first-order valence-electron chi connectivity index (χ1n) is 3.38. The third-order valence-electron chi connectivity index (χ3n) is 1.85. The lowest BCUT2D eigenvalue weighted by Crippen LogP contribution is -1.89. The summed E-state index contributed by atoms with van der Waals surface area (Å²) in [5, 5.41) is 5.51. The molecule has 0 fully saturated rings. The van der Waals surface area contributed by atoms with E-state index in [0.717, 1.165) is 12.1 Å². The van der Waals surface area contributed by atoms with Crippen LogP contribution in [0.25, 0.3) is 0 Å². The summed E-state index contributed by atoms with van der Waals surface area (Å²) in [5.74, 6) is 0. The summed E-state index contributed by atoms with van der Waals surface area (Å²) >= 11 is 11.8. The summed E-state index contributed by atoms with van der Waals surface area (Å²) in [5.41, 5.74) is 2.30. The van der Waals surface area contributed by atoms with Crippen molar-refractivity contribution in [3.8, 4) is 0 Å². The molecule has 1 nitrogen and oxygen atoms in total. The van der Waals surface area contributed by atoms with Gasteiger partial charge in [0.1, 0.15) is 0 Å². The molecule has 57 valence electrons. The Hall–Kier alpha value is -0.240. The largest absolute Gasteiger partial charge is 0.232 e. The van der Waals surface area contributed by atoms with Crippen LogP contribution in [0.5, 0.6) is 0 Å². The molecule has 0 aliphatic carbocycles. The first kappa shape index (κ1) is 7.41. The molecule has 0 saturated heterocycles. The van der Waals surface area contributed by atoms with Crippen molar-refractivity contribution in [2.24, 2.45) is 0 Å². The van der Waals surface area contributed by atoms with Gasteiger partial charge in [-0.2, -0.15) is 0 Å². The number of nitrogens with zero attached hydrogens (tertiary/aromatic N) is 1. The second-order valence-electron chi connectivity index (χ2n) is 2.54. The molecule has 0 N–H and O–H groups in total. The summed E-state index contributed by atoms with van der Waals surface area (Å²) in [4.78, 5) is 0. The van der Waals surface area contributed by atoms with Gasteiger partial charge in [-0.3, -0.25) is 0 Å². The molecule has 1 aliphatic heterocycles. The van der Waals surface area contributed by atoms with E-state index in [1.54, 1.807) is 0 Å². The Bertz CT molecular complexity index is 296. The van der Waals surface area contributed by atoms with Crippen molar-refractivity contribution in [1.29, 1.82) is 0 Å². The Morgan fingerprint density at radius 3 is 2.82 bits per heavy atom. The smallest absolute Gasteiger partial charge is 0.0641 e. The maximum Gasteiger partial charge on any atom is 0.0641 e. The van der Waals surface area contributed by atoms with E-state index in [-0.39, 0.29) is 0 Å². The Balaban J connectivity index is 2.62. The van der Waals surface area contributed by atoms with Gasteiger partial charge in [-0.1, -0.05) is 29.3 Å². The molecule has 0 unspecified atom stereocenters. The molecule has 3 heteroatoms. The molecule has 1 radical (unpaired) electrons. The van der Waals surface area contributed by atoms with Gasteiger partial charge in [-0.05, 0) is 17.2 Å². The zero-order chi connectivity index (χ0) is 7.84. The van der Waals surface area contributed by atoms with E-state index in [4.69, 9.17) is 23.2 Å². The van der Waals surface area contributed by atoms with Gasteiger partial charge in [0.2, 0.25) is 0 Å². The number of hydrogen-bond donors (Lipinski definition) is 0. The molecule has 0 saturated carbocycles. The van der Waals surface area contributed by atoms with E-state index in [0.29, 0.717) is 16.6 Å². The first-order valence-corrected chi connectivity index (χ1v) is 4.13. The van der Waals surface area contributed by atoms with E-state index in [1.807, 2.05) is 12.1 Å². The third-order valence-corrected chi connectivity index (χ3v) is 2.69. The normalized spacial score (nSPS) is 15.1. The average molecular weight is 187 g/mol. The Kier molecular flexibility index (Phi) is 1.80. The number of rotatable bonds is 0. The summed E-state index contributed by atoms with van der Waals surface area (Å²) in [6.07, 6.45) is 0. The fourth-order valence-electron chi connectivity index (χ4n) is 1.24. The molecular formula is C8H6Cl2N. The van der Waals surface area contributed by atoms with Crippen molar-refractivity contribution >= 4 is 23.2 Å². The van der Waals surface area contributed by atoms with Crippen LogP contribution >= 0.6 is 23.2 Å². The van der Waals surface area contributed by atoms with Gasteiger partial charge in [-0.15, -0.1) is 0 Å². The highest BCUT2D eigenvalue weighted by Gasteiger charge is 2.15. The Morgan fingerprint density at radius 1 is 1.18 bits per heavy atom. The van der Waals surface area contributed by atoms with Crippen LogP contribution in [-0.2, 0) is 13.1 Å². The SMILES string of the molecule is Clc1ccc2c(c1Cl)C[N]C2. The van der Waals surface area contributed by atoms with E-state index in [1.165, 1.54) is 5.56 Å². The average Bonchev–Trinajstić information content (AvgIpc) is 2.45. The van der Waals surface area contributed by atoms with Crippen molar-refractivity contribution in [2.75, 3.05) is 0 Å². The second-order valence-corrected chi connectivity index (χ2v) is 3.32. The summed E-state index contributed by atoms with van der Waals surface area (Å²) in [6, 6.07) is 3.81. The van der Waals surface area contributed by atoms with Crippen LogP contribution < -0.4 is 5.32 Å². The van der Waals surface area contributed by atoms with Crippen molar-refractivity contribution in [3.63, 3.8) is 0 Å². The summed E-state index contributed by atoms with van der Waals surface area (Å²) < 4.78 is 0. The lowest BCUT2D eigenvalue weighted by Gasteiger charge is -2.01. The van der Waals surface area contributed by atoms with Gasteiger partial charge in [-0.25, -0.2) is 5.32 Å². The standard InChI is InChI=1S/C8H6Cl2N/c9-7-2-1-5-3-11-4-6(5)8(7)10/h1-2H,3-4H2. The van der Waals surface area contributed by atoms with Crippen molar-refractivity contribution < 1.29 is 0 Å². The topological polar surface area (TPSA) is 14.1 Å². The Labute approximate surface area is 75.3 Å². The first-order chi connectivity index (χ1) is 5.29. The minimum absolute atomic E-state index is 0.627. The van der Waals surface area contributed by atoms with Crippen LogP contribution in [0.2, 0.25) is 10.0 Å². The van der Waals surface area contributed by atoms with Crippen molar-refractivity contribution in [1.82, 2.24) is 5.32 Å². The van der Waals surface area contributed by atoms with E-state index in [2.05, 4.69) is 5.32 Å². The fourth-order valence-corrected chi connectivity index (χ4v) is 1.66. The molecule has 2 rings (SSSR count). The monoisotopic (exact) mass is 186 g/mol. The predicted octanol–water partition coefficient (Wildman–Crippen LogP) is 2.61. The van der Waals surface area contributed by atoms with Gasteiger partial charge < -0.3 is 0 Å². The molecule has 11 heavy (non-hydrogen) atoms. The van der Waals surface area contributed by atoms with Crippen LogP contribution in [0.4, 0.5) is 0 Å². The maximum absolute atomic E-state index is 5.95. The van der Waals surface area contributed by atoms with Crippen LogP contribution in [0, 0.1) is 0 Å². The van der Waals surface area contributed by atoms with Gasteiger partial charge in [0.15, 0.2) is 0 Å². The summed E-state index contributed by atoms with van der Waals surface area (Å²) in [6.45, 7) is 1.50. The molecule has 0 bridgehead atoms. The molecule has 0 aromatic heterocycles. The van der Waals surface area contributed by atoms with Gasteiger partial charge in [0, 0.05) is 13.1 Å². The maximum atomic E-state index is 5.95.